The zero-order valence-electron chi connectivity index (χ0n) is 8.85. The maximum absolute atomic E-state index is 5.93. The number of benzene rings is 1. The van der Waals surface area contributed by atoms with Crippen molar-refractivity contribution in [3.63, 3.8) is 0 Å². The summed E-state index contributed by atoms with van der Waals surface area (Å²) in [6.45, 7) is 2.10. The molecular formula is C11H12BrN3S. The van der Waals surface area contributed by atoms with Crippen molar-refractivity contribution >= 4 is 33.5 Å². The van der Waals surface area contributed by atoms with Crippen molar-refractivity contribution in [2.45, 2.75) is 11.9 Å². The molecule has 84 valence electrons. The molecule has 2 rings (SSSR count). The van der Waals surface area contributed by atoms with E-state index < -0.39 is 0 Å². The Kier molecular flexibility index (Phi) is 3.56. The van der Waals surface area contributed by atoms with Crippen LogP contribution in [0.2, 0.25) is 0 Å². The molecule has 1 aromatic heterocycles. The van der Waals surface area contributed by atoms with E-state index in [2.05, 4.69) is 28.0 Å². The van der Waals surface area contributed by atoms with Gasteiger partial charge in [0.05, 0.1) is 5.69 Å². The average Bonchev–Trinajstić information content (AvgIpc) is 2.60. The zero-order chi connectivity index (χ0) is 11.5. The highest BCUT2D eigenvalue weighted by Crippen LogP contribution is 2.23. The number of halogens is 1. The second-order valence-electron chi connectivity index (χ2n) is 3.23. The third-order valence-electron chi connectivity index (χ3n) is 2.06. The molecule has 1 heterocycles. The molecular weight excluding hydrogens is 286 g/mol. The third-order valence-corrected chi connectivity index (χ3v) is 3.34. The standard InChI is InChI=1S/C11H12BrN3S/c1-2-16-11-7-10(13)15(14-11)9-5-3-4-8(12)6-9/h3-7H,2,13H2,1H3. The van der Waals surface area contributed by atoms with Gasteiger partial charge in [0.25, 0.3) is 0 Å². The van der Waals surface area contributed by atoms with Crippen LogP contribution < -0.4 is 5.73 Å². The molecule has 0 amide bonds. The van der Waals surface area contributed by atoms with Crippen molar-refractivity contribution < 1.29 is 0 Å². The molecule has 0 fully saturated rings. The molecule has 0 aliphatic heterocycles. The molecule has 0 spiro atoms. The van der Waals surface area contributed by atoms with Crippen LogP contribution in [0, 0.1) is 0 Å². The first-order chi connectivity index (χ1) is 7.70. The molecule has 0 bridgehead atoms. The van der Waals surface area contributed by atoms with E-state index in [1.54, 1.807) is 16.4 Å². The number of rotatable bonds is 3. The minimum Gasteiger partial charge on any atom is -0.384 e. The lowest BCUT2D eigenvalue weighted by Gasteiger charge is -2.03. The van der Waals surface area contributed by atoms with Gasteiger partial charge in [-0.2, -0.15) is 5.10 Å². The summed E-state index contributed by atoms with van der Waals surface area (Å²) in [6.07, 6.45) is 0. The lowest BCUT2D eigenvalue weighted by atomic mass is 10.3. The Morgan fingerprint density at radius 1 is 1.44 bits per heavy atom. The Labute approximate surface area is 107 Å². The van der Waals surface area contributed by atoms with Crippen LogP contribution in [0.1, 0.15) is 6.92 Å². The predicted molar refractivity (Wildman–Crippen MR) is 72.1 cm³/mol. The second-order valence-corrected chi connectivity index (χ2v) is 5.43. The largest absolute Gasteiger partial charge is 0.384 e. The summed E-state index contributed by atoms with van der Waals surface area (Å²) in [5, 5.41) is 5.40. The summed E-state index contributed by atoms with van der Waals surface area (Å²) >= 11 is 5.12. The van der Waals surface area contributed by atoms with Crippen molar-refractivity contribution in [1.29, 1.82) is 0 Å². The molecule has 2 aromatic rings. The third kappa shape index (κ3) is 2.41. The Balaban J connectivity index is 2.40. The van der Waals surface area contributed by atoms with Crippen LogP contribution in [0.3, 0.4) is 0 Å². The molecule has 0 saturated heterocycles. The average molecular weight is 298 g/mol. The quantitative estimate of drug-likeness (QED) is 0.884. The molecule has 0 radical (unpaired) electrons. The molecule has 16 heavy (non-hydrogen) atoms. The normalized spacial score (nSPS) is 10.6. The smallest absolute Gasteiger partial charge is 0.128 e. The van der Waals surface area contributed by atoms with E-state index in [1.807, 2.05) is 30.3 Å². The molecule has 1 aromatic carbocycles. The molecule has 2 N–H and O–H groups in total. The number of thioether (sulfide) groups is 1. The van der Waals surface area contributed by atoms with Crippen molar-refractivity contribution in [2.24, 2.45) is 0 Å². The van der Waals surface area contributed by atoms with Gasteiger partial charge in [0.2, 0.25) is 0 Å². The van der Waals surface area contributed by atoms with Gasteiger partial charge in [0, 0.05) is 10.5 Å². The maximum atomic E-state index is 5.93. The fourth-order valence-electron chi connectivity index (χ4n) is 1.41. The summed E-state index contributed by atoms with van der Waals surface area (Å²) in [5.41, 5.74) is 6.89. The molecule has 5 heteroatoms. The highest BCUT2D eigenvalue weighted by molar-refractivity contribution is 9.10. The monoisotopic (exact) mass is 297 g/mol. The van der Waals surface area contributed by atoms with E-state index in [0.717, 1.165) is 20.9 Å². The number of aromatic nitrogens is 2. The van der Waals surface area contributed by atoms with E-state index in [4.69, 9.17) is 5.73 Å². The van der Waals surface area contributed by atoms with Crippen molar-refractivity contribution in [1.82, 2.24) is 9.78 Å². The minimum atomic E-state index is 0.661. The van der Waals surface area contributed by atoms with Gasteiger partial charge < -0.3 is 5.73 Å². The lowest BCUT2D eigenvalue weighted by molar-refractivity contribution is 0.845. The fourth-order valence-corrected chi connectivity index (χ4v) is 2.43. The van der Waals surface area contributed by atoms with Crippen LogP contribution in [0.25, 0.3) is 5.69 Å². The van der Waals surface area contributed by atoms with Crippen molar-refractivity contribution in [3.8, 4) is 5.69 Å². The molecule has 0 aliphatic carbocycles. The predicted octanol–water partition coefficient (Wildman–Crippen LogP) is 3.33. The van der Waals surface area contributed by atoms with Gasteiger partial charge in [-0.1, -0.05) is 28.9 Å². The van der Waals surface area contributed by atoms with Crippen LogP contribution in [-0.2, 0) is 0 Å². The van der Waals surface area contributed by atoms with Crippen LogP contribution in [0.15, 0.2) is 39.8 Å². The summed E-state index contributed by atoms with van der Waals surface area (Å²) in [4.78, 5) is 0. The molecule has 0 saturated carbocycles. The zero-order valence-corrected chi connectivity index (χ0v) is 11.3. The number of anilines is 1. The van der Waals surface area contributed by atoms with E-state index in [1.165, 1.54) is 0 Å². The highest BCUT2D eigenvalue weighted by Gasteiger charge is 2.06. The fraction of sp³-hybridized carbons (Fsp3) is 0.182. The van der Waals surface area contributed by atoms with E-state index in [9.17, 15) is 0 Å². The van der Waals surface area contributed by atoms with Gasteiger partial charge in [-0.15, -0.1) is 11.8 Å². The Hall–Kier alpha value is -0.940. The number of hydrogen-bond acceptors (Lipinski definition) is 3. The van der Waals surface area contributed by atoms with Gasteiger partial charge in [-0.3, -0.25) is 0 Å². The summed E-state index contributed by atoms with van der Waals surface area (Å²) in [5.74, 6) is 1.66. The van der Waals surface area contributed by atoms with Crippen LogP contribution in [-0.4, -0.2) is 15.5 Å². The number of nitrogens with two attached hydrogens (primary N) is 1. The van der Waals surface area contributed by atoms with Crippen LogP contribution in [0.5, 0.6) is 0 Å². The second kappa shape index (κ2) is 4.93. The molecule has 0 atom stereocenters. The van der Waals surface area contributed by atoms with Gasteiger partial charge in [0.1, 0.15) is 10.8 Å². The number of nitrogens with zero attached hydrogens (tertiary/aromatic N) is 2. The topological polar surface area (TPSA) is 43.8 Å². The Morgan fingerprint density at radius 2 is 2.25 bits per heavy atom. The van der Waals surface area contributed by atoms with E-state index in [0.29, 0.717) is 5.82 Å². The van der Waals surface area contributed by atoms with Gasteiger partial charge in [-0.25, -0.2) is 4.68 Å². The van der Waals surface area contributed by atoms with E-state index in [-0.39, 0.29) is 0 Å². The Bertz CT molecular complexity index is 496. The lowest BCUT2D eigenvalue weighted by Crippen LogP contribution is -2.01. The summed E-state index contributed by atoms with van der Waals surface area (Å²) < 4.78 is 2.77. The highest BCUT2D eigenvalue weighted by atomic mass is 79.9. The minimum absolute atomic E-state index is 0.661. The summed E-state index contributed by atoms with van der Waals surface area (Å²) in [7, 11) is 0. The Morgan fingerprint density at radius 3 is 2.94 bits per heavy atom. The van der Waals surface area contributed by atoms with Gasteiger partial charge >= 0.3 is 0 Å². The van der Waals surface area contributed by atoms with E-state index >= 15 is 0 Å². The van der Waals surface area contributed by atoms with Crippen LogP contribution in [0.4, 0.5) is 5.82 Å². The summed E-state index contributed by atoms with van der Waals surface area (Å²) in [6, 6.07) is 9.81. The van der Waals surface area contributed by atoms with Crippen LogP contribution >= 0.6 is 27.7 Å². The van der Waals surface area contributed by atoms with Crippen molar-refractivity contribution in [2.75, 3.05) is 11.5 Å². The first kappa shape index (κ1) is 11.5. The number of hydrogen-bond donors (Lipinski definition) is 1. The number of nitrogen functional groups attached to an aromatic ring is 1. The first-order valence-electron chi connectivity index (χ1n) is 4.95. The SMILES string of the molecule is CCSc1cc(N)n(-c2cccc(Br)c2)n1. The molecule has 3 nitrogen and oxygen atoms in total. The first-order valence-corrected chi connectivity index (χ1v) is 6.73. The maximum Gasteiger partial charge on any atom is 0.128 e. The van der Waals surface area contributed by atoms with Crippen molar-refractivity contribution in [3.05, 3.63) is 34.8 Å². The van der Waals surface area contributed by atoms with Gasteiger partial charge in [0.15, 0.2) is 0 Å². The molecule has 0 aliphatic rings. The van der Waals surface area contributed by atoms with Gasteiger partial charge in [-0.05, 0) is 24.0 Å². The molecule has 0 unspecified atom stereocenters.